The summed E-state index contributed by atoms with van der Waals surface area (Å²) in [5.41, 5.74) is 2.02. The van der Waals surface area contributed by atoms with E-state index in [1.54, 1.807) is 50.6 Å². The molecule has 0 radical (unpaired) electrons. The van der Waals surface area contributed by atoms with Gasteiger partial charge in [0, 0.05) is 13.7 Å². The number of carbonyl (C=O) groups excluding carboxylic acids is 2. The number of para-hydroxylation sites is 1. The van der Waals surface area contributed by atoms with E-state index in [0.29, 0.717) is 22.6 Å². The van der Waals surface area contributed by atoms with Gasteiger partial charge in [0.15, 0.2) is 0 Å². The molecule has 4 aromatic rings. The maximum atomic E-state index is 13.6. The molecule has 1 N–H and O–H groups in total. The van der Waals surface area contributed by atoms with Gasteiger partial charge in [-0.2, -0.15) is 0 Å². The number of fused-ring (bicyclic) bond motifs is 1. The number of carbonyl (C=O) groups is 2. The molecule has 0 aliphatic carbocycles. The highest BCUT2D eigenvalue weighted by Crippen LogP contribution is 2.26. The normalized spacial score (nSPS) is 11.8. The lowest BCUT2D eigenvalue weighted by atomic mass is 10.0. The Morgan fingerprint density at radius 2 is 1.97 bits per heavy atom. The number of methoxy groups -OCH3 is 2. The summed E-state index contributed by atoms with van der Waals surface area (Å²) >= 11 is 0. The lowest BCUT2D eigenvalue weighted by Crippen LogP contribution is -2.46. The van der Waals surface area contributed by atoms with Crippen LogP contribution in [0.5, 0.6) is 5.75 Å². The summed E-state index contributed by atoms with van der Waals surface area (Å²) in [6, 6.07) is 17.1. The van der Waals surface area contributed by atoms with Crippen molar-refractivity contribution in [3.63, 3.8) is 0 Å². The Bertz CT molecular complexity index is 1270. The molecule has 0 unspecified atom stereocenters. The van der Waals surface area contributed by atoms with E-state index in [1.165, 1.54) is 15.8 Å². The Morgan fingerprint density at radius 3 is 2.74 bits per heavy atom. The molecular formula is C25H27N5O5. The molecule has 4 rings (SSSR count). The van der Waals surface area contributed by atoms with Crippen molar-refractivity contribution in [3.05, 3.63) is 78.3 Å². The molecule has 10 heteroatoms. The van der Waals surface area contributed by atoms with Crippen molar-refractivity contribution in [2.24, 2.45) is 0 Å². The number of hydrogen-bond donors (Lipinski definition) is 1. The number of ether oxygens (including phenoxy) is 2. The minimum absolute atomic E-state index is 0.0871. The Kier molecular flexibility index (Phi) is 7.74. The van der Waals surface area contributed by atoms with Crippen LogP contribution in [0, 0.1) is 0 Å². The molecule has 0 fully saturated rings. The number of aromatic nitrogens is 3. The number of furan rings is 1. The van der Waals surface area contributed by atoms with Gasteiger partial charge >= 0.3 is 0 Å². The van der Waals surface area contributed by atoms with E-state index in [2.05, 4.69) is 15.6 Å². The summed E-state index contributed by atoms with van der Waals surface area (Å²) in [6.45, 7) is 0.538. The second-order valence-electron chi connectivity index (χ2n) is 7.79. The Labute approximate surface area is 202 Å². The van der Waals surface area contributed by atoms with E-state index in [1.807, 2.05) is 24.3 Å². The van der Waals surface area contributed by atoms with Crippen LogP contribution in [0.1, 0.15) is 17.4 Å². The monoisotopic (exact) mass is 477 g/mol. The second kappa shape index (κ2) is 11.3. The molecule has 1 atom stereocenters. The van der Waals surface area contributed by atoms with Gasteiger partial charge in [-0.15, -0.1) is 5.10 Å². The van der Waals surface area contributed by atoms with Gasteiger partial charge < -0.3 is 24.1 Å². The maximum absolute atomic E-state index is 13.6. The third-order valence-corrected chi connectivity index (χ3v) is 5.55. The standard InChI is InChI=1S/C25H27N5O5/c1-33-14-12-29(23(31)17-30-22-11-4-3-10-21(22)27-28-30)24(18-7-5-8-19(15-18)34-2)25(32)26-16-20-9-6-13-35-20/h3-11,13,15,24H,12,14,16-17H2,1-2H3,(H,26,32)/t24-/m0/s1. The minimum Gasteiger partial charge on any atom is -0.497 e. The molecular weight excluding hydrogens is 450 g/mol. The van der Waals surface area contributed by atoms with E-state index >= 15 is 0 Å². The van der Waals surface area contributed by atoms with Gasteiger partial charge in [-0.25, -0.2) is 4.68 Å². The highest BCUT2D eigenvalue weighted by Gasteiger charge is 2.32. The molecule has 35 heavy (non-hydrogen) atoms. The van der Waals surface area contributed by atoms with Crippen molar-refractivity contribution in [1.29, 1.82) is 0 Å². The van der Waals surface area contributed by atoms with Crippen molar-refractivity contribution in [3.8, 4) is 5.75 Å². The van der Waals surface area contributed by atoms with Crippen LogP contribution in [0.4, 0.5) is 0 Å². The molecule has 0 aliphatic rings. The molecule has 0 saturated heterocycles. The van der Waals surface area contributed by atoms with Crippen molar-refractivity contribution in [1.82, 2.24) is 25.2 Å². The number of hydrogen-bond acceptors (Lipinski definition) is 7. The number of benzene rings is 2. The van der Waals surface area contributed by atoms with Gasteiger partial charge in [-0.1, -0.05) is 29.5 Å². The maximum Gasteiger partial charge on any atom is 0.247 e. The molecule has 182 valence electrons. The lowest BCUT2D eigenvalue weighted by molar-refractivity contribution is -0.142. The number of nitrogens with one attached hydrogen (secondary N) is 1. The highest BCUT2D eigenvalue weighted by molar-refractivity contribution is 5.89. The molecule has 2 aromatic heterocycles. The minimum atomic E-state index is -0.933. The van der Waals surface area contributed by atoms with Crippen LogP contribution < -0.4 is 10.1 Å². The number of amides is 2. The van der Waals surface area contributed by atoms with E-state index < -0.39 is 6.04 Å². The zero-order valence-corrected chi connectivity index (χ0v) is 19.6. The van der Waals surface area contributed by atoms with Crippen LogP contribution >= 0.6 is 0 Å². The average molecular weight is 478 g/mol. The fourth-order valence-corrected chi connectivity index (χ4v) is 3.81. The topological polar surface area (TPSA) is 112 Å². The van der Waals surface area contributed by atoms with Crippen molar-refractivity contribution < 1.29 is 23.5 Å². The summed E-state index contributed by atoms with van der Waals surface area (Å²) in [4.78, 5) is 28.6. The lowest BCUT2D eigenvalue weighted by Gasteiger charge is -2.31. The summed E-state index contributed by atoms with van der Waals surface area (Å²) in [5, 5.41) is 11.1. The first kappa shape index (κ1) is 24.0. The molecule has 2 aromatic carbocycles. The van der Waals surface area contributed by atoms with Crippen LogP contribution in [0.15, 0.2) is 71.3 Å². The zero-order valence-electron chi connectivity index (χ0n) is 19.6. The van der Waals surface area contributed by atoms with Gasteiger partial charge in [0.2, 0.25) is 11.8 Å². The van der Waals surface area contributed by atoms with E-state index in [0.717, 1.165) is 5.52 Å². The largest absolute Gasteiger partial charge is 0.497 e. The molecule has 0 bridgehead atoms. The molecule has 0 saturated carbocycles. The number of nitrogens with zero attached hydrogens (tertiary/aromatic N) is 4. The summed E-state index contributed by atoms with van der Waals surface area (Å²) in [5.74, 6) is 0.514. The molecule has 0 spiro atoms. The summed E-state index contributed by atoms with van der Waals surface area (Å²) < 4.78 is 17.5. The SMILES string of the molecule is COCCN(C(=O)Cn1nnc2ccccc21)[C@H](C(=O)NCc1ccco1)c1cccc(OC)c1. The Hall–Kier alpha value is -4.18. The van der Waals surface area contributed by atoms with Crippen LogP contribution in [-0.4, -0.2) is 59.1 Å². The van der Waals surface area contributed by atoms with Gasteiger partial charge in [0.1, 0.15) is 29.6 Å². The first-order valence-corrected chi connectivity index (χ1v) is 11.1. The Morgan fingerprint density at radius 1 is 1.11 bits per heavy atom. The average Bonchev–Trinajstić information content (AvgIpc) is 3.55. The highest BCUT2D eigenvalue weighted by atomic mass is 16.5. The second-order valence-corrected chi connectivity index (χ2v) is 7.79. The fourth-order valence-electron chi connectivity index (χ4n) is 3.81. The van der Waals surface area contributed by atoms with E-state index in [4.69, 9.17) is 13.9 Å². The van der Waals surface area contributed by atoms with Crippen LogP contribution in [0.25, 0.3) is 11.0 Å². The smallest absolute Gasteiger partial charge is 0.247 e. The van der Waals surface area contributed by atoms with Crippen LogP contribution in [0.3, 0.4) is 0 Å². The molecule has 2 heterocycles. The third kappa shape index (κ3) is 5.67. The zero-order chi connectivity index (χ0) is 24.6. The summed E-state index contributed by atoms with van der Waals surface area (Å²) in [7, 11) is 3.10. The van der Waals surface area contributed by atoms with Gasteiger partial charge in [-0.3, -0.25) is 9.59 Å². The van der Waals surface area contributed by atoms with Crippen LogP contribution in [0.2, 0.25) is 0 Å². The van der Waals surface area contributed by atoms with Crippen molar-refractivity contribution in [2.75, 3.05) is 27.4 Å². The number of rotatable bonds is 11. The predicted molar refractivity (Wildman–Crippen MR) is 127 cm³/mol. The van der Waals surface area contributed by atoms with E-state index in [-0.39, 0.29) is 38.1 Å². The Balaban J connectivity index is 1.66. The van der Waals surface area contributed by atoms with Gasteiger partial charge in [0.05, 0.1) is 32.0 Å². The first-order chi connectivity index (χ1) is 17.1. The molecule has 2 amide bonds. The third-order valence-electron chi connectivity index (χ3n) is 5.55. The van der Waals surface area contributed by atoms with Gasteiger partial charge in [-0.05, 0) is 42.0 Å². The summed E-state index contributed by atoms with van der Waals surface area (Å²) in [6.07, 6.45) is 1.54. The van der Waals surface area contributed by atoms with Crippen LogP contribution in [-0.2, 0) is 27.4 Å². The fraction of sp³-hybridized carbons (Fsp3) is 0.280. The van der Waals surface area contributed by atoms with E-state index in [9.17, 15) is 9.59 Å². The molecule has 0 aliphatic heterocycles. The van der Waals surface area contributed by atoms with Gasteiger partial charge in [0.25, 0.3) is 0 Å². The van der Waals surface area contributed by atoms with Crippen molar-refractivity contribution in [2.45, 2.75) is 19.1 Å². The molecule has 10 nitrogen and oxygen atoms in total. The quantitative estimate of drug-likeness (QED) is 0.353. The predicted octanol–water partition coefficient (Wildman–Crippen LogP) is 2.57. The van der Waals surface area contributed by atoms with Crippen molar-refractivity contribution >= 4 is 22.8 Å². The first-order valence-electron chi connectivity index (χ1n) is 11.1.